The van der Waals surface area contributed by atoms with Crippen LogP contribution in [0.5, 0.6) is 0 Å². The summed E-state index contributed by atoms with van der Waals surface area (Å²) in [7, 11) is 1.86. The summed E-state index contributed by atoms with van der Waals surface area (Å²) in [4.78, 5) is 16.1. The number of hydrogen-bond acceptors (Lipinski definition) is 3. The zero-order chi connectivity index (χ0) is 17.2. The lowest BCUT2D eigenvalue weighted by atomic mass is 9.53. The van der Waals surface area contributed by atoms with Crippen LogP contribution in [0.3, 0.4) is 0 Å². The summed E-state index contributed by atoms with van der Waals surface area (Å²) in [5, 5.41) is 4.70. The van der Waals surface area contributed by atoms with E-state index in [0.29, 0.717) is 5.70 Å². The van der Waals surface area contributed by atoms with Crippen molar-refractivity contribution in [2.45, 2.75) is 39.0 Å². The molecule has 3 rings (SSSR count). The number of allylic oxidation sites excluding steroid dienone is 2. The summed E-state index contributed by atoms with van der Waals surface area (Å²) in [6, 6.07) is 0. The quantitative estimate of drug-likeness (QED) is 0.811. The average Bonchev–Trinajstić information content (AvgIpc) is 2.80. The van der Waals surface area contributed by atoms with E-state index in [9.17, 15) is 4.79 Å². The van der Waals surface area contributed by atoms with E-state index in [1.165, 1.54) is 0 Å². The van der Waals surface area contributed by atoms with Crippen LogP contribution < -0.4 is 5.73 Å². The number of rotatable bonds is 1. The first-order valence-corrected chi connectivity index (χ1v) is 7.80. The molecule has 1 heterocycles. The monoisotopic (exact) mass is 310 g/mol. The molecule has 0 unspecified atom stereocenters. The number of ketones is 1. The number of nitrogens with two attached hydrogens (primary N) is 1. The molecule has 0 spiro atoms. The van der Waals surface area contributed by atoms with Gasteiger partial charge in [-0.1, -0.05) is 33.4 Å². The second-order valence-corrected chi connectivity index (χ2v) is 7.39. The number of carbonyl (C=O) groups is 1. The van der Waals surface area contributed by atoms with E-state index in [0.717, 1.165) is 29.8 Å². The third-order valence-corrected chi connectivity index (χ3v) is 5.61. The van der Waals surface area contributed by atoms with Crippen molar-refractivity contribution in [1.29, 1.82) is 0 Å². The SMILES string of the molecule is [C-]#[N+]C1=C[C@]2(C)c3nn(C)c(C(=C)N)c3CC[C@H]2C(C)(C)C1=O. The predicted molar refractivity (Wildman–Crippen MR) is 89.1 cm³/mol. The summed E-state index contributed by atoms with van der Waals surface area (Å²) in [6.45, 7) is 17.2. The van der Waals surface area contributed by atoms with Gasteiger partial charge in [-0.15, -0.1) is 0 Å². The molecule has 0 amide bonds. The maximum atomic E-state index is 12.6. The molecule has 2 aliphatic carbocycles. The van der Waals surface area contributed by atoms with Crippen molar-refractivity contribution in [3.63, 3.8) is 0 Å². The van der Waals surface area contributed by atoms with Gasteiger partial charge < -0.3 is 10.5 Å². The number of carbonyl (C=O) groups excluding carboxylic acids is 1. The van der Waals surface area contributed by atoms with E-state index < -0.39 is 10.8 Å². The van der Waals surface area contributed by atoms with Crippen molar-refractivity contribution in [1.82, 2.24) is 9.78 Å². The molecule has 2 atom stereocenters. The highest BCUT2D eigenvalue weighted by atomic mass is 16.1. The van der Waals surface area contributed by atoms with Crippen molar-refractivity contribution in [3.05, 3.63) is 46.7 Å². The fourth-order valence-electron chi connectivity index (χ4n) is 4.59. The first-order chi connectivity index (χ1) is 10.6. The van der Waals surface area contributed by atoms with Crippen molar-refractivity contribution in [3.8, 4) is 0 Å². The predicted octanol–water partition coefficient (Wildman–Crippen LogP) is 2.58. The Balaban J connectivity index is 2.31. The Morgan fingerprint density at radius 1 is 1.52 bits per heavy atom. The molecule has 0 aliphatic heterocycles. The van der Waals surface area contributed by atoms with Gasteiger partial charge in [-0.05, 0) is 18.8 Å². The van der Waals surface area contributed by atoms with Crippen LogP contribution in [0.25, 0.3) is 10.5 Å². The average molecular weight is 310 g/mol. The fraction of sp³-hybridized carbons (Fsp3) is 0.500. The minimum absolute atomic E-state index is 0.0576. The van der Waals surface area contributed by atoms with E-state index in [1.54, 1.807) is 4.68 Å². The summed E-state index contributed by atoms with van der Waals surface area (Å²) >= 11 is 0. The van der Waals surface area contributed by atoms with Gasteiger partial charge in [0.1, 0.15) is 0 Å². The van der Waals surface area contributed by atoms with Gasteiger partial charge in [-0.3, -0.25) is 4.68 Å². The van der Waals surface area contributed by atoms with Gasteiger partial charge in [0.05, 0.1) is 23.7 Å². The first kappa shape index (κ1) is 15.5. The van der Waals surface area contributed by atoms with E-state index in [2.05, 4.69) is 18.3 Å². The molecular formula is C18H22N4O. The Morgan fingerprint density at radius 3 is 2.74 bits per heavy atom. The molecular weight excluding hydrogens is 288 g/mol. The van der Waals surface area contributed by atoms with Crippen molar-refractivity contribution in [2.24, 2.45) is 24.1 Å². The van der Waals surface area contributed by atoms with Crippen LogP contribution >= 0.6 is 0 Å². The Hall–Kier alpha value is -2.35. The lowest BCUT2D eigenvalue weighted by Crippen LogP contribution is -2.51. The minimum Gasteiger partial charge on any atom is -0.397 e. The fourth-order valence-corrected chi connectivity index (χ4v) is 4.59. The second-order valence-electron chi connectivity index (χ2n) is 7.39. The molecule has 23 heavy (non-hydrogen) atoms. The highest BCUT2D eigenvalue weighted by molar-refractivity contribution is 6.02. The topological polar surface area (TPSA) is 65.3 Å². The van der Waals surface area contributed by atoms with Crippen molar-refractivity contribution < 1.29 is 4.79 Å². The van der Waals surface area contributed by atoms with E-state index in [4.69, 9.17) is 17.4 Å². The molecule has 0 bridgehead atoms. The number of aryl methyl sites for hydroxylation is 1. The van der Waals surface area contributed by atoms with Gasteiger partial charge in [0.25, 0.3) is 0 Å². The molecule has 5 nitrogen and oxygen atoms in total. The smallest absolute Gasteiger partial charge is 0.226 e. The molecule has 1 aromatic rings. The van der Waals surface area contributed by atoms with Crippen LogP contribution in [0.2, 0.25) is 0 Å². The third-order valence-electron chi connectivity index (χ3n) is 5.61. The van der Waals surface area contributed by atoms with Crippen LogP contribution in [0.4, 0.5) is 0 Å². The van der Waals surface area contributed by atoms with Crippen LogP contribution in [0.1, 0.15) is 44.1 Å². The van der Waals surface area contributed by atoms with Gasteiger partial charge in [0.15, 0.2) is 5.78 Å². The maximum Gasteiger partial charge on any atom is 0.226 e. The Labute approximate surface area is 136 Å². The molecule has 0 saturated heterocycles. The van der Waals surface area contributed by atoms with Crippen LogP contribution in [-0.4, -0.2) is 15.6 Å². The van der Waals surface area contributed by atoms with Gasteiger partial charge >= 0.3 is 0 Å². The molecule has 2 aliphatic rings. The molecule has 5 heteroatoms. The number of hydrogen-bond donors (Lipinski definition) is 1. The molecule has 1 aromatic heterocycles. The summed E-state index contributed by atoms with van der Waals surface area (Å²) < 4.78 is 1.77. The molecule has 2 N–H and O–H groups in total. The van der Waals surface area contributed by atoms with Gasteiger partial charge in [0, 0.05) is 23.4 Å². The molecule has 0 radical (unpaired) electrons. The summed E-state index contributed by atoms with van der Waals surface area (Å²) in [5.41, 5.74) is 8.57. The second kappa shape index (κ2) is 4.58. The van der Waals surface area contributed by atoms with Gasteiger partial charge in [-0.2, -0.15) is 5.10 Å². The maximum absolute atomic E-state index is 12.6. The lowest BCUT2D eigenvalue weighted by Gasteiger charge is -2.49. The Bertz CT molecular complexity index is 806. The Morgan fingerprint density at radius 2 is 2.17 bits per heavy atom. The van der Waals surface area contributed by atoms with Crippen molar-refractivity contribution in [2.75, 3.05) is 0 Å². The standard InChI is InChI=1S/C18H22N4O/c1-10(19)14-11-7-8-13-17(2,3)16(23)12(20-5)9-18(13,4)15(11)21-22(14)6/h9,13H,1,7-8,19H2,2-4,6H3/t13-,18-/m0/s1. The molecule has 120 valence electrons. The van der Waals surface area contributed by atoms with Crippen molar-refractivity contribution >= 4 is 11.5 Å². The number of aromatic nitrogens is 2. The highest BCUT2D eigenvalue weighted by Crippen LogP contribution is 2.55. The molecule has 0 aromatic carbocycles. The van der Waals surface area contributed by atoms with Crippen LogP contribution in [0, 0.1) is 17.9 Å². The molecule has 0 fully saturated rings. The number of fused-ring (bicyclic) bond motifs is 3. The normalized spacial score (nSPS) is 28.4. The summed E-state index contributed by atoms with van der Waals surface area (Å²) in [5.74, 6) is 0.0621. The van der Waals surface area contributed by atoms with Crippen LogP contribution in [0.15, 0.2) is 18.4 Å². The molecule has 0 saturated carbocycles. The van der Waals surface area contributed by atoms with Gasteiger partial charge in [-0.25, -0.2) is 4.85 Å². The van der Waals surface area contributed by atoms with E-state index in [1.807, 2.05) is 27.0 Å². The van der Waals surface area contributed by atoms with E-state index >= 15 is 0 Å². The third kappa shape index (κ3) is 1.84. The van der Waals surface area contributed by atoms with E-state index in [-0.39, 0.29) is 17.4 Å². The zero-order valence-electron chi connectivity index (χ0n) is 14.1. The highest BCUT2D eigenvalue weighted by Gasteiger charge is 2.55. The lowest BCUT2D eigenvalue weighted by molar-refractivity contribution is -0.128. The number of Topliss-reactive ketones (excluding diaryl/α,β-unsaturated/α-hetero) is 1. The zero-order valence-corrected chi connectivity index (χ0v) is 14.1. The minimum atomic E-state index is -0.571. The first-order valence-electron chi connectivity index (χ1n) is 7.80. The Kier molecular flexibility index (Phi) is 3.09. The summed E-state index contributed by atoms with van der Waals surface area (Å²) in [6.07, 6.45) is 3.52. The van der Waals surface area contributed by atoms with Crippen LogP contribution in [-0.2, 0) is 23.7 Å². The van der Waals surface area contributed by atoms with Gasteiger partial charge in [0.2, 0.25) is 5.70 Å². The number of nitrogens with zero attached hydrogens (tertiary/aromatic N) is 3. The largest absolute Gasteiger partial charge is 0.397 e.